The lowest BCUT2D eigenvalue weighted by Crippen LogP contribution is -1.95. The van der Waals surface area contributed by atoms with Gasteiger partial charge in [0.2, 0.25) is 5.88 Å². The van der Waals surface area contributed by atoms with Crippen LogP contribution in [0.25, 0.3) is 0 Å². The quantitative estimate of drug-likeness (QED) is 0.815. The summed E-state index contributed by atoms with van der Waals surface area (Å²) in [6.45, 7) is 8.27. The number of aromatic nitrogens is 2. The van der Waals surface area contributed by atoms with Crippen LogP contribution in [-0.2, 0) is 0 Å². The van der Waals surface area contributed by atoms with Crippen molar-refractivity contribution in [3.8, 4) is 11.6 Å². The Balaban J connectivity index is 2.24. The molecule has 1 aromatic heterocycles. The number of ether oxygens (including phenoxy) is 1. The van der Waals surface area contributed by atoms with Crippen molar-refractivity contribution in [2.24, 2.45) is 0 Å². The van der Waals surface area contributed by atoms with E-state index in [1.165, 1.54) is 5.56 Å². The average molecular weight is 242 g/mol. The average Bonchev–Trinajstić information content (AvgIpc) is 2.31. The third kappa shape index (κ3) is 2.86. The van der Waals surface area contributed by atoms with Gasteiger partial charge in [-0.05, 0) is 37.0 Å². The van der Waals surface area contributed by atoms with Gasteiger partial charge in [-0.3, -0.25) is 0 Å². The van der Waals surface area contributed by atoms with Crippen LogP contribution in [0.4, 0.5) is 0 Å². The molecule has 0 atom stereocenters. The van der Waals surface area contributed by atoms with E-state index in [0.29, 0.717) is 17.6 Å². The van der Waals surface area contributed by atoms with Gasteiger partial charge in [0.25, 0.3) is 0 Å². The third-order valence-electron chi connectivity index (χ3n) is 2.83. The molecule has 0 aliphatic carbocycles. The molecular formula is C15H18N2O. The molecule has 2 aromatic rings. The van der Waals surface area contributed by atoms with Crippen molar-refractivity contribution in [1.29, 1.82) is 0 Å². The van der Waals surface area contributed by atoms with E-state index in [4.69, 9.17) is 4.74 Å². The van der Waals surface area contributed by atoms with Crippen molar-refractivity contribution in [3.63, 3.8) is 0 Å². The third-order valence-corrected chi connectivity index (χ3v) is 2.83. The molecule has 0 spiro atoms. The molecule has 1 aromatic carbocycles. The summed E-state index contributed by atoms with van der Waals surface area (Å²) < 4.78 is 5.77. The molecule has 2 rings (SSSR count). The van der Waals surface area contributed by atoms with Gasteiger partial charge < -0.3 is 4.74 Å². The summed E-state index contributed by atoms with van der Waals surface area (Å²) in [5.41, 5.74) is 2.44. The standard InChI is InChI=1S/C15H18N2O/c1-10(2)13-5-6-14(11(3)9-13)18-15-7-8-16-12(4)17-15/h5-10H,1-4H3. The maximum absolute atomic E-state index is 5.77. The number of hydrogen-bond donors (Lipinski definition) is 0. The van der Waals surface area contributed by atoms with E-state index in [9.17, 15) is 0 Å². The van der Waals surface area contributed by atoms with Gasteiger partial charge in [0.05, 0.1) is 0 Å². The molecule has 3 heteroatoms. The van der Waals surface area contributed by atoms with Crippen LogP contribution < -0.4 is 4.74 Å². The van der Waals surface area contributed by atoms with Crippen LogP contribution >= 0.6 is 0 Å². The summed E-state index contributed by atoms with van der Waals surface area (Å²) in [7, 11) is 0. The molecule has 0 amide bonds. The van der Waals surface area contributed by atoms with E-state index in [1.54, 1.807) is 12.3 Å². The molecule has 3 nitrogen and oxygen atoms in total. The van der Waals surface area contributed by atoms with E-state index in [2.05, 4.69) is 42.9 Å². The predicted octanol–water partition coefficient (Wildman–Crippen LogP) is 4.01. The second-order valence-corrected chi connectivity index (χ2v) is 4.72. The number of rotatable bonds is 3. The topological polar surface area (TPSA) is 35.0 Å². The summed E-state index contributed by atoms with van der Waals surface area (Å²) in [4.78, 5) is 8.28. The molecule has 94 valence electrons. The van der Waals surface area contributed by atoms with Gasteiger partial charge in [-0.1, -0.05) is 26.0 Å². The van der Waals surface area contributed by atoms with Gasteiger partial charge in [-0.2, -0.15) is 4.98 Å². The minimum absolute atomic E-state index is 0.527. The van der Waals surface area contributed by atoms with Gasteiger partial charge in [0.15, 0.2) is 0 Å². The highest BCUT2D eigenvalue weighted by Crippen LogP contribution is 2.26. The molecule has 0 radical (unpaired) electrons. The van der Waals surface area contributed by atoms with Gasteiger partial charge in [-0.25, -0.2) is 4.98 Å². The lowest BCUT2D eigenvalue weighted by molar-refractivity contribution is 0.456. The molecule has 0 saturated heterocycles. The van der Waals surface area contributed by atoms with Crippen LogP contribution in [0.3, 0.4) is 0 Å². The number of nitrogens with zero attached hydrogens (tertiary/aromatic N) is 2. The minimum atomic E-state index is 0.527. The van der Waals surface area contributed by atoms with E-state index in [1.807, 2.05) is 13.0 Å². The van der Waals surface area contributed by atoms with Gasteiger partial charge in [0.1, 0.15) is 11.6 Å². The minimum Gasteiger partial charge on any atom is -0.439 e. The van der Waals surface area contributed by atoms with E-state index < -0.39 is 0 Å². The van der Waals surface area contributed by atoms with Crippen molar-refractivity contribution in [3.05, 3.63) is 47.4 Å². The second kappa shape index (κ2) is 5.17. The molecule has 18 heavy (non-hydrogen) atoms. The lowest BCUT2D eigenvalue weighted by Gasteiger charge is -2.11. The van der Waals surface area contributed by atoms with Gasteiger partial charge in [0, 0.05) is 12.3 Å². The summed E-state index contributed by atoms with van der Waals surface area (Å²) in [6, 6.07) is 8.03. The zero-order valence-electron chi connectivity index (χ0n) is 11.3. The zero-order chi connectivity index (χ0) is 13.1. The van der Waals surface area contributed by atoms with Crippen molar-refractivity contribution >= 4 is 0 Å². The Morgan fingerprint density at radius 2 is 1.89 bits per heavy atom. The Kier molecular flexibility index (Phi) is 3.60. The number of benzene rings is 1. The summed E-state index contributed by atoms with van der Waals surface area (Å²) >= 11 is 0. The van der Waals surface area contributed by atoms with Crippen molar-refractivity contribution in [2.75, 3.05) is 0 Å². The van der Waals surface area contributed by atoms with E-state index >= 15 is 0 Å². The Morgan fingerprint density at radius 3 is 2.50 bits per heavy atom. The molecular weight excluding hydrogens is 224 g/mol. The van der Waals surface area contributed by atoms with E-state index in [0.717, 1.165) is 11.3 Å². The second-order valence-electron chi connectivity index (χ2n) is 4.72. The van der Waals surface area contributed by atoms with Gasteiger partial charge in [-0.15, -0.1) is 0 Å². The fourth-order valence-electron chi connectivity index (χ4n) is 1.75. The van der Waals surface area contributed by atoms with Gasteiger partial charge >= 0.3 is 0 Å². The van der Waals surface area contributed by atoms with Crippen molar-refractivity contribution in [2.45, 2.75) is 33.6 Å². The SMILES string of the molecule is Cc1nccc(Oc2ccc(C(C)C)cc2C)n1. The highest BCUT2D eigenvalue weighted by atomic mass is 16.5. The van der Waals surface area contributed by atoms with Crippen LogP contribution in [-0.4, -0.2) is 9.97 Å². The first-order chi connectivity index (χ1) is 8.56. The van der Waals surface area contributed by atoms with Crippen LogP contribution in [0.15, 0.2) is 30.5 Å². The fourth-order valence-corrected chi connectivity index (χ4v) is 1.75. The monoisotopic (exact) mass is 242 g/mol. The normalized spacial score (nSPS) is 10.7. The fraction of sp³-hybridized carbons (Fsp3) is 0.333. The molecule has 0 N–H and O–H groups in total. The predicted molar refractivity (Wildman–Crippen MR) is 72.1 cm³/mol. The zero-order valence-corrected chi connectivity index (χ0v) is 11.3. The van der Waals surface area contributed by atoms with Crippen LogP contribution in [0.2, 0.25) is 0 Å². The summed E-state index contributed by atoms with van der Waals surface area (Å²) in [5.74, 6) is 2.67. The maximum Gasteiger partial charge on any atom is 0.222 e. The number of hydrogen-bond acceptors (Lipinski definition) is 3. The Labute approximate surface area is 108 Å². The Hall–Kier alpha value is -1.90. The molecule has 0 fully saturated rings. The molecule has 0 unspecified atom stereocenters. The van der Waals surface area contributed by atoms with Crippen LogP contribution in [0.5, 0.6) is 11.6 Å². The summed E-state index contributed by atoms with van der Waals surface area (Å²) in [6.07, 6.45) is 1.70. The highest BCUT2D eigenvalue weighted by Gasteiger charge is 2.06. The van der Waals surface area contributed by atoms with Crippen molar-refractivity contribution < 1.29 is 4.74 Å². The molecule has 0 aliphatic rings. The lowest BCUT2D eigenvalue weighted by atomic mass is 10.0. The molecule has 0 aliphatic heterocycles. The first-order valence-corrected chi connectivity index (χ1v) is 6.14. The molecule has 0 saturated carbocycles. The van der Waals surface area contributed by atoms with Crippen molar-refractivity contribution in [1.82, 2.24) is 9.97 Å². The summed E-state index contributed by atoms with van der Waals surface area (Å²) in [5, 5.41) is 0. The Morgan fingerprint density at radius 1 is 1.11 bits per heavy atom. The number of aryl methyl sites for hydroxylation is 2. The molecule has 0 bridgehead atoms. The Bertz CT molecular complexity index is 550. The first-order valence-electron chi connectivity index (χ1n) is 6.14. The smallest absolute Gasteiger partial charge is 0.222 e. The first kappa shape index (κ1) is 12.6. The highest BCUT2D eigenvalue weighted by molar-refractivity contribution is 5.39. The van der Waals surface area contributed by atoms with E-state index in [-0.39, 0.29) is 0 Å². The maximum atomic E-state index is 5.77. The van der Waals surface area contributed by atoms with Crippen LogP contribution in [0.1, 0.15) is 36.7 Å². The molecule has 1 heterocycles. The largest absolute Gasteiger partial charge is 0.439 e. The van der Waals surface area contributed by atoms with Crippen LogP contribution in [0, 0.1) is 13.8 Å².